The Labute approximate surface area is 78.9 Å². The van der Waals surface area contributed by atoms with E-state index in [0.29, 0.717) is 4.91 Å². The van der Waals surface area contributed by atoms with Crippen LogP contribution in [0.1, 0.15) is 0 Å². The lowest BCUT2D eigenvalue weighted by molar-refractivity contribution is -0.131. The lowest BCUT2D eigenvalue weighted by atomic mass is 10.4. The van der Waals surface area contributed by atoms with Crippen molar-refractivity contribution in [2.24, 2.45) is 4.99 Å². The summed E-state index contributed by atoms with van der Waals surface area (Å²) in [6.07, 6.45) is 6.62. The first-order valence-electron chi connectivity index (χ1n) is 3.57. The summed E-state index contributed by atoms with van der Waals surface area (Å²) in [7, 11) is 0. The van der Waals surface area contributed by atoms with Crippen molar-refractivity contribution < 1.29 is 9.90 Å². The molecule has 0 fully saturated rings. The molecule has 0 bridgehead atoms. The van der Waals surface area contributed by atoms with Crippen LogP contribution in [0.2, 0.25) is 0 Å². The fraction of sp³-hybridized carbons (Fsp3) is 0. The number of allylic oxidation sites excluding steroid dienone is 1. The first-order chi connectivity index (χ1) is 6.27. The Kier molecular flexibility index (Phi) is 1.94. The van der Waals surface area contributed by atoms with Gasteiger partial charge in [-0.2, -0.15) is 0 Å². The van der Waals surface area contributed by atoms with Gasteiger partial charge in [-0.05, 0) is 6.08 Å². The number of aliphatic imine (C=N–C) groups is 1. The Morgan fingerprint density at radius 1 is 1.62 bits per heavy atom. The summed E-state index contributed by atoms with van der Waals surface area (Å²) in [6, 6.07) is 0. The number of hydrogen-bond donors (Lipinski definition) is 1. The summed E-state index contributed by atoms with van der Waals surface area (Å²) in [4.78, 5) is 16.5. The molecule has 0 saturated heterocycles. The fourth-order valence-corrected chi connectivity index (χ4v) is 1.70. The first-order valence-corrected chi connectivity index (χ1v) is 4.45. The van der Waals surface area contributed by atoms with Crippen LogP contribution in [-0.2, 0) is 4.79 Å². The Balaban J connectivity index is 2.27. The monoisotopic (exact) mass is 194 g/mol. The van der Waals surface area contributed by atoms with Gasteiger partial charge in [-0.15, -0.1) is 0 Å². The molecule has 0 amide bonds. The maximum Gasteiger partial charge on any atom is 0.344 e. The Morgan fingerprint density at radius 2 is 2.46 bits per heavy atom. The van der Waals surface area contributed by atoms with Crippen LogP contribution in [0.15, 0.2) is 39.5 Å². The highest BCUT2D eigenvalue weighted by atomic mass is 32.2. The number of carboxylic acids is 1. The normalized spacial score (nSPS) is 19.2. The van der Waals surface area contributed by atoms with E-state index < -0.39 is 5.97 Å². The molecule has 0 saturated carbocycles. The van der Waals surface area contributed by atoms with Crippen LogP contribution in [-0.4, -0.2) is 22.3 Å². The maximum absolute atomic E-state index is 10.6. The average Bonchev–Trinajstić information content (AvgIpc) is 2.17. The van der Waals surface area contributed by atoms with Crippen LogP contribution in [0.5, 0.6) is 0 Å². The summed E-state index contributed by atoms with van der Waals surface area (Å²) in [6.45, 7) is 0. The molecular weight excluding hydrogens is 188 g/mol. The van der Waals surface area contributed by atoms with Crippen molar-refractivity contribution in [3.05, 3.63) is 34.5 Å². The summed E-state index contributed by atoms with van der Waals surface area (Å²) in [5, 5.41) is 10.5. The quantitative estimate of drug-likeness (QED) is 0.684. The molecule has 5 heteroatoms. The molecule has 66 valence electrons. The van der Waals surface area contributed by atoms with Crippen molar-refractivity contribution in [1.29, 1.82) is 0 Å². The maximum atomic E-state index is 10.6. The van der Waals surface area contributed by atoms with Crippen molar-refractivity contribution >= 4 is 24.1 Å². The van der Waals surface area contributed by atoms with Gasteiger partial charge in [0, 0.05) is 17.8 Å². The van der Waals surface area contributed by atoms with Crippen molar-refractivity contribution in [3.8, 4) is 0 Å². The molecule has 0 aromatic carbocycles. The summed E-state index contributed by atoms with van der Waals surface area (Å²) >= 11 is 1.20. The highest BCUT2D eigenvalue weighted by Gasteiger charge is 2.16. The molecule has 0 atom stereocenters. The van der Waals surface area contributed by atoms with Gasteiger partial charge < -0.3 is 10.0 Å². The lowest BCUT2D eigenvalue weighted by Crippen LogP contribution is -2.19. The van der Waals surface area contributed by atoms with Crippen molar-refractivity contribution in [2.45, 2.75) is 0 Å². The molecular formula is C8H6N2O2S. The molecule has 4 nitrogen and oxygen atoms in total. The third-order valence-corrected chi connectivity index (χ3v) is 2.49. The predicted molar refractivity (Wildman–Crippen MR) is 50.9 cm³/mol. The predicted octanol–water partition coefficient (Wildman–Crippen LogP) is 1.36. The van der Waals surface area contributed by atoms with E-state index in [1.165, 1.54) is 11.8 Å². The Morgan fingerprint density at radius 3 is 3.23 bits per heavy atom. The molecule has 13 heavy (non-hydrogen) atoms. The molecule has 2 heterocycles. The van der Waals surface area contributed by atoms with Gasteiger partial charge in [0.05, 0.1) is 12.0 Å². The number of rotatable bonds is 1. The van der Waals surface area contributed by atoms with Gasteiger partial charge in [-0.25, -0.2) is 9.79 Å². The lowest BCUT2D eigenvalue weighted by Gasteiger charge is -2.22. The summed E-state index contributed by atoms with van der Waals surface area (Å²) in [5.74, 6) is -0.914. The van der Waals surface area contributed by atoms with Crippen molar-refractivity contribution in [2.75, 3.05) is 0 Å². The Bertz CT molecular complexity index is 368. The molecule has 2 aliphatic rings. The molecule has 0 spiro atoms. The van der Waals surface area contributed by atoms with E-state index in [1.54, 1.807) is 29.0 Å². The largest absolute Gasteiger partial charge is 0.477 e. The third kappa shape index (κ3) is 1.50. The van der Waals surface area contributed by atoms with Crippen LogP contribution in [0.25, 0.3) is 0 Å². The van der Waals surface area contributed by atoms with Gasteiger partial charge in [-0.3, -0.25) is 0 Å². The van der Waals surface area contributed by atoms with Gasteiger partial charge in [0.15, 0.2) is 0 Å². The zero-order chi connectivity index (χ0) is 9.26. The standard InChI is InChI=1S/C8H6N2O2S/c11-8(12)7-3-10-5-9-2-1-6(10)4-13-7/h1-5H,(H,11,12). The van der Waals surface area contributed by atoms with Gasteiger partial charge in [-0.1, -0.05) is 11.8 Å². The van der Waals surface area contributed by atoms with E-state index in [2.05, 4.69) is 4.99 Å². The molecule has 0 aromatic rings. The zero-order valence-electron chi connectivity index (χ0n) is 6.54. The van der Waals surface area contributed by atoms with E-state index in [4.69, 9.17) is 5.11 Å². The number of thioether (sulfide) groups is 1. The zero-order valence-corrected chi connectivity index (χ0v) is 7.36. The average molecular weight is 194 g/mol. The Hall–Kier alpha value is -1.49. The van der Waals surface area contributed by atoms with Crippen molar-refractivity contribution in [1.82, 2.24) is 4.90 Å². The van der Waals surface area contributed by atoms with Crippen LogP contribution in [0.4, 0.5) is 0 Å². The van der Waals surface area contributed by atoms with Crippen LogP contribution in [0, 0.1) is 0 Å². The second-order valence-corrected chi connectivity index (χ2v) is 3.36. The van der Waals surface area contributed by atoms with E-state index in [9.17, 15) is 4.79 Å². The topological polar surface area (TPSA) is 52.9 Å². The molecule has 2 rings (SSSR count). The number of nitrogens with zero attached hydrogens (tertiary/aromatic N) is 2. The minimum absolute atomic E-state index is 0.297. The molecule has 2 aliphatic heterocycles. The van der Waals surface area contributed by atoms with Crippen molar-refractivity contribution in [3.63, 3.8) is 0 Å². The van der Waals surface area contributed by atoms with Gasteiger partial charge >= 0.3 is 5.97 Å². The van der Waals surface area contributed by atoms with E-state index in [0.717, 1.165) is 5.70 Å². The summed E-state index contributed by atoms with van der Waals surface area (Å²) in [5.41, 5.74) is 0.935. The van der Waals surface area contributed by atoms with Gasteiger partial charge in [0.25, 0.3) is 0 Å². The molecule has 0 aliphatic carbocycles. The van der Waals surface area contributed by atoms with Crippen LogP contribution >= 0.6 is 11.8 Å². The fourth-order valence-electron chi connectivity index (χ4n) is 0.977. The molecule has 1 N–H and O–H groups in total. The van der Waals surface area contributed by atoms with Gasteiger partial charge in [0.1, 0.15) is 4.91 Å². The van der Waals surface area contributed by atoms with E-state index in [1.807, 2.05) is 6.08 Å². The van der Waals surface area contributed by atoms with E-state index >= 15 is 0 Å². The smallest absolute Gasteiger partial charge is 0.344 e. The number of fused-ring (bicyclic) bond motifs is 1. The minimum Gasteiger partial charge on any atom is -0.477 e. The number of carboxylic acid groups (broad SMARTS) is 1. The second-order valence-electron chi connectivity index (χ2n) is 2.45. The third-order valence-electron chi connectivity index (χ3n) is 1.59. The molecule has 0 unspecified atom stereocenters. The van der Waals surface area contributed by atoms with E-state index in [-0.39, 0.29) is 0 Å². The summed E-state index contributed by atoms with van der Waals surface area (Å²) < 4.78 is 0. The first kappa shape index (κ1) is 8.12. The van der Waals surface area contributed by atoms with Crippen LogP contribution in [0.3, 0.4) is 0 Å². The number of carbonyl (C=O) groups is 1. The highest BCUT2D eigenvalue weighted by Crippen LogP contribution is 2.28. The van der Waals surface area contributed by atoms with Crippen LogP contribution < -0.4 is 0 Å². The number of hydrogen-bond acceptors (Lipinski definition) is 4. The van der Waals surface area contributed by atoms with Gasteiger partial charge in [0.2, 0.25) is 0 Å². The molecule has 0 aromatic heterocycles. The highest BCUT2D eigenvalue weighted by molar-refractivity contribution is 8.06. The molecule has 0 radical (unpaired) electrons. The SMILES string of the molecule is O=C(O)C1=CN2C=NC=CC2=CS1. The second kappa shape index (κ2) is 3.10. The minimum atomic E-state index is -0.914. The number of aliphatic carboxylic acids is 1.